The largest absolute Gasteiger partial charge is 0.464 e. The number of carbonyl (C=O) groups is 2. The summed E-state index contributed by atoms with van der Waals surface area (Å²) in [7, 11) is -3.34. The van der Waals surface area contributed by atoms with Gasteiger partial charge in [-0.05, 0) is 36.8 Å². The van der Waals surface area contributed by atoms with E-state index in [-0.39, 0.29) is 17.1 Å². The van der Waals surface area contributed by atoms with Gasteiger partial charge in [0.25, 0.3) is 5.91 Å². The van der Waals surface area contributed by atoms with Crippen LogP contribution >= 0.6 is 0 Å². The second kappa shape index (κ2) is 8.62. The number of benzene rings is 2. The minimum atomic E-state index is -3.34. The molecule has 0 aromatic heterocycles. The van der Waals surface area contributed by atoms with Gasteiger partial charge in [0, 0.05) is 18.2 Å². The van der Waals surface area contributed by atoms with Gasteiger partial charge >= 0.3 is 5.97 Å². The monoisotopic (exact) mass is 375 g/mol. The molecule has 0 fully saturated rings. The number of carbonyl (C=O) groups excluding carboxylic acids is 2. The molecular weight excluding hydrogens is 354 g/mol. The van der Waals surface area contributed by atoms with Crippen LogP contribution in [0.2, 0.25) is 0 Å². The van der Waals surface area contributed by atoms with Gasteiger partial charge in [0.15, 0.2) is 9.84 Å². The van der Waals surface area contributed by atoms with Crippen molar-refractivity contribution in [1.82, 2.24) is 5.32 Å². The second-order valence-electron chi connectivity index (χ2n) is 5.76. The molecule has 0 spiro atoms. The van der Waals surface area contributed by atoms with Crippen molar-refractivity contribution >= 4 is 21.7 Å². The number of rotatable bonds is 7. The number of esters is 1. The maximum atomic E-state index is 12.4. The minimum Gasteiger partial charge on any atom is -0.464 e. The van der Waals surface area contributed by atoms with Crippen LogP contribution in [0.5, 0.6) is 0 Å². The molecule has 1 amide bonds. The molecule has 1 unspecified atom stereocenters. The van der Waals surface area contributed by atoms with Crippen LogP contribution in [-0.4, -0.2) is 39.2 Å². The van der Waals surface area contributed by atoms with Gasteiger partial charge in [-0.2, -0.15) is 0 Å². The van der Waals surface area contributed by atoms with E-state index >= 15 is 0 Å². The molecule has 2 aromatic carbocycles. The maximum absolute atomic E-state index is 12.4. The van der Waals surface area contributed by atoms with Crippen LogP contribution in [0.1, 0.15) is 22.8 Å². The molecule has 1 N–H and O–H groups in total. The molecule has 0 aliphatic rings. The Balaban J connectivity index is 2.16. The van der Waals surface area contributed by atoms with Crippen LogP contribution in [0, 0.1) is 0 Å². The van der Waals surface area contributed by atoms with E-state index in [1.165, 1.54) is 24.3 Å². The van der Waals surface area contributed by atoms with E-state index in [4.69, 9.17) is 4.74 Å². The third-order valence-electron chi connectivity index (χ3n) is 3.70. The molecule has 2 rings (SSSR count). The van der Waals surface area contributed by atoms with Gasteiger partial charge in [0.1, 0.15) is 6.04 Å². The molecule has 0 heterocycles. The number of sulfone groups is 1. The predicted molar refractivity (Wildman–Crippen MR) is 97.6 cm³/mol. The maximum Gasteiger partial charge on any atom is 0.328 e. The predicted octanol–water partition coefficient (Wildman–Crippen LogP) is 1.99. The quantitative estimate of drug-likeness (QED) is 0.748. The molecule has 138 valence electrons. The average molecular weight is 375 g/mol. The lowest BCUT2D eigenvalue weighted by Crippen LogP contribution is -2.43. The Bertz CT molecular complexity index is 861. The standard InChI is InChI=1S/C19H21NO5S/c1-3-25-19(22)17(13-14-7-5-4-6-8-14)20-18(21)15-9-11-16(12-10-15)26(2,23)24/h4-12,17H,3,13H2,1-2H3,(H,20,21). The Labute approximate surface area is 153 Å². The van der Waals surface area contributed by atoms with Crippen LogP contribution in [0.15, 0.2) is 59.5 Å². The van der Waals surface area contributed by atoms with Gasteiger partial charge in [-0.25, -0.2) is 13.2 Å². The van der Waals surface area contributed by atoms with Crippen molar-refractivity contribution in [3.8, 4) is 0 Å². The van der Waals surface area contributed by atoms with Crippen LogP contribution in [0.3, 0.4) is 0 Å². The highest BCUT2D eigenvalue weighted by molar-refractivity contribution is 7.90. The van der Waals surface area contributed by atoms with Crippen LogP contribution < -0.4 is 5.32 Å². The summed E-state index contributed by atoms with van der Waals surface area (Å²) < 4.78 is 28.0. The fourth-order valence-electron chi connectivity index (χ4n) is 2.38. The third-order valence-corrected chi connectivity index (χ3v) is 4.83. The number of nitrogens with one attached hydrogen (secondary N) is 1. The lowest BCUT2D eigenvalue weighted by Gasteiger charge is -2.17. The molecule has 0 radical (unpaired) electrons. The van der Waals surface area contributed by atoms with Crippen LogP contribution in [0.4, 0.5) is 0 Å². The lowest BCUT2D eigenvalue weighted by atomic mass is 10.1. The molecular formula is C19H21NO5S. The zero-order valence-electron chi connectivity index (χ0n) is 14.6. The third kappa shape index (κ3) is 5.42. The summed E-state index contributed by atoms with van der Waals surface area (Å²) in [5.41, 5.74) is 1.15. The Morgan fingerprint density at radius 2 is 1.65 bits per heavy atom. The van der Waals surface area contributed by atoms with Crippen molar-refractivity contribution in [2.75, 3.05) is 12.9 Å². The van der Waals surface area contributed by atoms with Gasteiger partial charge in [0.05, 0.1) is 11.5 Å². The van der Waals surface area contributed by atoms with Crippen molar-refractivity contribution in [2.24, 2.45) is 0 Å². The van der Waals surface area contributed by atoms with Gasteiger partial charge in [0.2, 0.25) is 0 Å². The van der Waals surface area contributed by atoms with Crippen molar-refractivity contribution in [1.29, 1.82) is 0 Å². The van der Waals surface area contributed by atoms with Gasteiger partial charge in [-0.15, -0.1) is 0 Å². The Kier molecular flexibility index (Phi) is 6.52. The number of ether oxygens (including phenoxy) is 1. The first-order chi connectivity index (χ1) is 12.3. The Morgan fingerprint density at radius 3 is 2.19 bits per heavy atom. The molecule has 1 atom stereocenters. The normalized spacial score (nSPS) is 12.2. The lowest BCUT2D eigenvalue weighted by molar-refractivity contribution is -0.145. The molecule has 0 saturated carbocycles. The van der Waals surface area contributed by atoms with Gasteiger partial charge in [-0.3, -0.25) is 4.79 Å². The van der Waals surface area contributed by atoms with E-state index in [0.717, 1.165) is 11.8 Å². The molecule has 0 aliphatic heterocycles. The number of hydrogen-bond donors (Lipinski definition) is 1. The van der Waals surface area contributed by atoms with Crippen LogP contribution in [0.25, 0.3) is 0 Å². The van der Waals surface area contributed by atoms with E-state index in [1.54, 1.807) is 6.92 Å². The topological polar surface area (TPSA) is 89.5 Å². The van der Waals surface area contributed by atoms with Crippen molar-refractivity contribution in [3.63, 3.8) is 0 Å². The van der Waals surface area contributed by atoms with E-state index in [0.29, 0.717) is 6.42 Å². The zero-order valence-corrected chi connectivity index (χ0v) is 15.5. The minimum absolute atomic E-state index is 0.125. The highest BCUT2D eigenvalue weighted by Gasteiger charge is 2.23. The Hall–Kier alpha value is -2.67. The summed E-state index contributed by atoms with van der Waals surface area (Å²) in [6.45, 7) is 1.91. The molecule has 0 saturated heterocycles. The van der Waals surface area contributed by atoms with E-state index in [9.17, 15) is 18.0 Å². The summed E-state index contributed by atoms with van der Waals surface area (Å²) in [6.07, 6.45) is 1.39. The first-order valence-electron chi connectivity index (χ1n) is 8.13. The summed E-state index contributed by atoms with van der Waals surface area (Å²) >= 11 is 0. The van der Waals surface area contributed by atoms with Gasteiger partial charge < -0.3 is 10.1 Å². The molecule has 6 nitrogen and oxygen atoms in total. The van der Waals surface area contributed by atoms with Crippen molar-refractivity contribution < 1.29 is 22.7 Å². The molecule has 0 aliphatic carbocycles. The van der Waals surface area contributed by atoms with Crippen LogP contribution in [-0.2, 0) is 25.8 Å². The fourth-order valence-corrected chi connectivity index (χ4v) is 3.01. The first kappa shape index (κ1) is 19.7. The summed E-state index contributed by atoms with van der Waals surface area (Å²) in [5, 5.41) is 2.66. The fraction of sp³-hybridized carbons (Fsp3) is 0.263. The second-order valence-corrected chi connectivity index (χ2v) is 7.78. The van der Waals surface area contributed by atoms with Crippen molar-refractivity contribution in [3.05, 3.63) is 65.7 Å². The molecule has 2 aromatic rings. The van der Waals surface area contributed by atoms with E-state index in [2.05, 4.69) is 5.32 Å². The average Bonchev–Trinajstić information content (AvgIpc) is 2.61. The van der Waals surface area contributed by atoms with Crippen molar-refractivity contribution in [2.45, 2.75) is 24.3 Å². The van der Waals surface area contributed by atoms with E-state index in [1.807, 2.05) is 30.3 Å². The van der Waals surface area contributed by atoms with Gasteiger partial charge in [-0.1, -0.05) is 30.3 Å². The summed E-state index contributed by atoms with van der Waals surface area (Å²) in [6, 6.07) is 14.0. The zero-order chi connectivity index (χ0) is 19.2. The summed E-state index contributed by atoms with van der Waals surface area (Å²) in [4.78, 5) is 24.8. The molecule has 26 heavy (non-hydrogen) atoms. The smallest absolute Gasteiger partial charge is 0.328 e. The Morgan fingerprint density at radius 1 is 1.04 bits per heavy atom. The van der Waals surface area contributed by atoms with E-state index < -0.39 is 27.8 Å². The number of hydrogen-bond acceptors (Lipinski definition) is 5. The highest BCUT2D eigenvalue weighted by atomic mass is 32.2. The summed E-state index contributed by atoms with van der Waals surface area (Å²) in [5.74, 6) is -0.989. The highest BCUT2D eigenvalue weighted by Crippen LogP contribution is 2.11. The molecule has 0 bridgehead atoms. The SMILES string of the molecule is CCOC(=O)C(Cc1ccccc1)NC(=O)c1ccc(S(C)(=O)=O)cc1. The first-order valence-corrected chi connectivity index (χ1v) is 10.0. The number of amides is 1. The molecule has 7 heteroatoms.